The zero-order valence-corrected chi connectivity index (χ0v) is 11.0. The summed E-state index contributed by atoms with van der Waals surface area (Å²) in [4.78, 5) is 0. The van der Waals surface area contributed by atoms with Crippen LogP contribution in [0.3, 0.4) is 0 Å². The normalized spacial score (nSPS) is 12.2. The second kappa shape index (κ2) is 6.15. The first kappa shape index (κ1) is 14.7. The molecule has 0 saturated carbocycles. The Hall–Kier alpha value is -1.72. The summed E-state index contributed by atoms with van der Waals surface area (Å²) < 4.78 is 39.5. The van der Waals surface area contributed by atoms with Gasteiger partial charge in [-0.3, -0.25) is 0 Å². The molecule has 2 N–H and O–H groups in total. The topological polar surface area (TPSA) is 32.3 Å². The Labute approximate surface area is 118 Å². The van der Waals surface area contributed by atoms with Gasteiger partial charge in [0.25, 0.3) is 0 Å². The van der Waals surface area contributed by atoms with Gasteiger partial charge in [0.2, 0.25) is 0 Å². The first-order valence-electron chi connectivity index (χ1n) is 5.78. The third kappa shape index (κ3) is 3.65. The van der Waals surface area contributed by atoms with E-state index in [0.717, 1.165) is 24.3 Å². The predicted octanol–water partition coefficient (Wildman–Crippen LogP) is 3.90. The van der Waals surface area contributed by atoms with Gasteiger partial charge in [-0.25, -0.2) is 13.2 Å². The summed E-state index contributed by atoms with van der Waals surface area (Å²) in [7, 11) is 0. The Morgan fingerprint density at radius 1 is 1.05 bits per heavy atom. The van der Waals surface area contributed by atoms with Crippen LogP contribution in [0.2, 0.25) is 5.02 Å². The SMILES string of the molecule is OC(CNc1cc(F)cc(Cl)c1)c1cc(F)ccc1F. The summed E-state index contributed by atoms with van der Waals surface area (Å²) in [5, 5.41) is 12.7. The second-order valence-electron chi connectivity index (χ2n) is 4.22. The number of aliphatic hydroxyl groups excluding tert-OH is 1. The van der Waals surface area contributed by atoms with E-state index < -0.39 is 23.6 Å². The summed E-state index contributed by atoms with van der Waals surface area (Å²) in [6, 6.07) is 6.59. The summed E-state index contributed by atoms with van der Waals surface area (Å²) in [6.07, 6.45) is -1.27. The average molecular weight is 302 g/mol. The molecular formula is C14H11ClF3NO. The Morgan fingerprint density at radius 2 is 1.80 bits per heavy atom. The van der Waals surface area contributed by atoms with Gasteiger partial charge in [-0.15, -0.1) is 0 Å². The van der Waals surface area contributed by atoms with Crippen molar-refractivity contribution in [3.8, 4) is 0 Å². The van der Waals surface area contributed by atoms with Gasteiger partial charge in [0.1, 0.15) is 17.5 Å². The number of aliphatic hydroxyl groups is 1. The molecule has 1 unspecified atom stereocenters. The van der Waals surface area contributed by atoms with E-state index in [4.69, 9.17) is 11.6 Å². The monoisotopic (exact) mass is 301 g/mol. The number of benzene rings is 2. The standard InChI is InChI=1S/C14H11ClF3NO/c15-8-3-10(17)5-11(4-8)19-7-14(20)12-6-9(16)1-2-13(12)18/h1-6,14,19-20H,7H2. The Balaban J connectivity index is 2.08. The molecule has 2 aromatic rings. The highest BCUT2D eigenvalue weighted by atomic mass is 35.5. The maximum Gasteiger partial charge on any atom is 0.129 e. The number of halogens is 4. The molecule has 0 aliphatic carbocycles. The van der Waals surface area contributed by atoms with Crippen LogP contribution < -0.4 is 5.32 Å². The molecule has 0 radical (unpaired) electrons. The van der Waals surface area contributed by atoms with E-state index in [-0.39, 0.29) is 17.1 Å². The van der Waals surface area contributed by atoms with Crippen molar-refractivity contribution in [2.24, 2.45) is 0 Å². The maximum absolute atomic E-state index is 13.4. The fraction of sp³-hybridized carbons (Fsp3) is 0.143. The lowest BCUT2D eigenvalue weighted by Gasteiger charge is -2.14. The van der Waals surface area contributed by atoms with Gasteiger partial charge in [-0.05, 0) is 36.4 Å². The molecule has 20 heavy (non-hydrogen) atoms. The van der Waals surface area contributed by atoms with Crippen LogP contribution in [0.25, 0.3) is 0 Å². The van der Waals surface area contributed by atoms with Crippen LogP contribution in [0.15, 0.2) is 36.4 Å². The molecule has 0 spiro atoms. The van der Waals surface area contributed by atoms with E-state index in [0.29, 0.717) is 5.69 Å². The Morgan fingerprint density at radius 3 is 2.50 bits per heavy atom. The summed E-state index contributed by atoms with van der Waals surface area (Å²) in [5.74, 6) is -1.89. The highest BCUT2D eigenvalue weighted by Crippen LogP contribution is 2.21. The molecule has 2 rings (SSSR count). The van der Waals surface area contributed by atoms with Crippen molar-refractivity contribution in [1.82, 2.24) is 0 Å². The number of rotatable bonds is 4. The minimum absolute atomic E-state index is 0.111. The van der Waals surface area contributed by atoms with Crippen LogP contribution in [0.1, 0.15) is 11.7 Å². The van der Waals surface area contributed by atoms with Crippen LogP contribution in [0, 0.1) is 17.5 Å². The number of nitrogens with one attached hydrogen (secondary N) is 1. The van der Waals surface area contributed by atoms with Crippen molar-refractivity contribution in [2.45, 2.75) is 6.10 Å². The number of anilines is 1. The van der Waals surface area contributed by atoms with Crippen molar-refractivity contribution in [3.05, 3.63) is 64.4 Å². The third-order valence-corrected chi connectivity index (χ3v) is 2.90. The predicted molar refractivity (Wildman–Crippen MR) is 71.2 cm³/mol. The smallest absolute Gasteiger partial charge is 0.129 e. The fourth-order valence-corrected chi connectivity index (χ4v) is 1.97. The van der Waals surface area contributed by atoms with E-state index in [2.05, 4.69) is 5.32 Å². The molecular weight excluding hydrogens is 291 g/mol. The number of hydrogen-bond donors (Lipinski definition) is 2. The summed E-state index contributed by atoms with van der Waals surface area (Å²) in [5.41, 5.74) is 0.172. The molecule has 0 aliphatic heterocycles. The van der Waals surface area contributed by atoms with Gasteiger partial charge in [0, 0.05) is 22.8 Å². The summed E-state index contributed by atoms with van der Waals surface area (Å²) in [6.45, 7) is -0.111. The molecule has 0 bridgehead atoms. The zero-order chi connectivity index (χ0) is 14.7. The van der Waals surface area contributed by atoms with Gasteiger partial charge in [0.15, 0.2) is 0 Å². The first-order valence-corrected chi connectivity index (χ1v) is 6.16. The van der Waals surface area contributed by atoms with E-state index in [1.54, 1.807) is 0 Å². The van der Waals surface area contributed by atoms with E-state index in [1.165, 1.54) is 12.1 Å². The zero-order valence-electron chi connectivity index (χ0n) is 10.2. The highest BCUT2D eigenvalue weighted by Gasteiger charge is 2.14. The molecule has 1 atom stereocenters. The van der Waals surface area contributed by atoms with Crippen LogP contribution in [-0.4, -0.2) is 11.7 Å². The number of hydrogen-bond acceptors (Lipinski definition) is 2. The molecule has 0 fully saturated rings. The Kier molecular flexibility index (Phi) is 4.52. The molecule has 0 aliphatic rings. The van der Waals surface area contributed by atoms with Crippen molar-refractivity contribution in [3.63, 3.8) is 0 Å². The van der Waals surface area contributed by atoms with Gasteiger partial charge in [-0.1, -0.05) is 11.6 Å². The van der Waals surface area contributed by atoms with Crippen molar-refractivity contribution in [2.75, 3.05) is 11.9 Å². The largest absolute Gasteiger partial charge is 0.386 e. The van der Waals surface area contributed by atoms with Crippen molar-refractivity contribution < 1.29 is 18.3 Å². The molecule has 2 aromatic carbocycles. The van der Waals surface area contributed by atoms with E-state index in [9.17, 15) is 18.3 Å². The lowest BCUT2D eigenvalue weighted by Crippen LogP contribution is -2.14. The van der Waals surface area contributed by atoms with E-state index in [1.807, 2.05) is 0 Å². The highest BCUT2D eigenvalue weighted by molar-refractivity contribution is 6.30. The maximum atomic E-state index is 13.4. The molecule has 2 nitrogen and oxygen atoms in total. The second-order valence-corrected chi connectivity index (χ2v) is 4.66. The summed E-state index contributed by atoms with van der Waals surface area (Å²) >= 11 is 5.68. The molecule has 6 heteroatoms. The van der Waals surface area contributed by atoms with Crippen molar-refractivity contribution >= 4 is 17.3 Å². The molecule has 0 saturated heterocycles. The van der Waals surface area contributed by atoms with Crippen LogP contribution >= 0.6 is 11.6 Å². The van der Waals surface area contributed by atoms with Crippen LogP contribution in [-0.2, 0) is 0 Å². The first-order chi connectivity index (χ1) is 9.45. The molecule has 0 amide bonds. The van der Waals surface area contributed by atoms with E-state index >= 15 is 0 Å². The molecule has 0 heterocycles. The quantitative estimate of drug-likeness (QED) is 0.897. The third-order valence-electron chi connectivity index (χ3n) is 2.68. The molecule has 106 valence electrons. The average Bonchev–Trinajstić information content (AvgIpc) is 2.38. The van der Waals surface area contributed by atoms with Crippen molar-refractivity contribution in [1.29, 1.82) is 0 Å². The minimum Gasteiger partial charge on any atom is -0.386 e. The minimum atomic E-state index is -1.27. The van der Waals surface area contributed by atoms with Gasteiger partial charge in [0.05, 0.1) is 6.10 Å². The lowest BCUT2D eigenvalue weighted by atomic mass is 10.1. The Bertz CT molecular complexity index is 601. The van der Waals surface area contributed by atoms with Gasteiger partial charge in [-0.2, -0.15) is 0 Å². The van der Waals surface area contributed by atoms with Gasteiger partial charge >= 0.3 is 0 Å². The van der Waals surface area contributed by atoms with Crippen LogP contribution in [0.5, 0.6) is 0 Å². The van der Waals surface area contributed by atoms with Gasteiger partial charge < -0.3 is 10.4 Å². The fourth-order valence-electron chi connectivity index (χ4n) is 1.75. The lowest BCUT2D eigenvalue weighted by molar-refractivity contribution is 0.186. The molecule has 0 aromatic heterocycles. The van der Waals surface area contributed by atoms with Crippen LogP contribution in [0.4, 0.5) is 18.9 Å².